The molecule has 3 rings (SSSR count). The molecule has 0 N–H and O–H groups in total. The van der Waals surface area contributed by atoms with E-state index in [-0.39, 0.29) is 23.9 Å². The van der Waals surface area contributed by atoms with Gasteiger partial charge in [0.2, 0.25) is 21.7 Å². The van der Waals surface area contributed by atoms with E-state index in [9.17, 15) is 13.2 Å². The Bertz CT molecular complexity index is 1140. The van der Waals surface area contributed by atoms with Gasteiger partial charge in [0.05, 0.1) is 31.2 Å². The SMILES string of the molecule is COc1ccc(-c2noc(CN(C)C(=O)c3ccccc3N(C)S(C)(=O)=O)n2)cc1. The predicted octanol–water partition coefficient (Wildman–Crippen LogP) is 2.41. The molecule has 0 radical (unpaired) electrons. The summed E-state index contributed by atoms with van der Waals surface area (Å²) in [4.78, 5) is 18.7. The van der Waals surface area contributed by atoms with Crippen LogP contribution in [0.25, 0.3) is 11.4 Å². The largest absolute Gasteiger partial charge is 0.497 e. The molecule has 0 aliphatic rings. The normalized spacial score (nSPS) is 11.2. The van der Waals surface area contributed by atoms with Gasteiger partial charge in [-0.05, 0) is 36.4 Å². The summed E-state index contributed by atoms with van der Waals surface area (Å²) in [6.45, 7) is 0.0684. The first-order chi connectivity index (χ1) is 14.2. The van der Waals surface area contributed by atoms with Crippen LogP contribution in [-0.2, 0) is 16.6 Å². The second-order valence-corrected chi connectivity index (χ2v) is 8.66. The number of sulfonamides is 1. The lowest BCUT2D eigenvalue weighted by Crippen LogP contribution is -2.31. The van der Waals surface area contributed by atoms with Gasteiger partial charge in [-0.15, -0.1) is 0 Å². The first kappa shape index (κ1) is 21.3. The molecular formula is C20H22N4O5S. The molecule has 0 bridgehead atoms. The van der Waals surface area contributed by atoms with Gasteiger partial charge in [-0.2, -0.15) is 4.98 Å². The lowest BCUT2D eigenvalue weighted by atomic mass is 10.1. The Balaban J connectivity index is 1.78. The molecule has 9 nitrogen and oxygen atoms in total. The molecule has 0 aliphatic carbocycles. The molecule has 0 unspecified atom stereocenters. The number of amides is 1. The van der Waals surface area contributed by atoms with E-state index >= 15 is 0 Å². The summed E-state index contributed by atoms with van der Waals surface area (Å²) in [7, 11) is 1.05. The van der Waals surface area contributed by atoms with Gasteiger partial charge in [-0.25, -0.2) is 8.42 Å². The smallest absolute Gasteiger partial charge is 0.256 e. The molecule has 1 heterocycles. The van der Waals surface area contributed by atoms with Gasteiger partial charge in [0.25, 0.3) is 5.91 Å². The minimum atomic E-state index is -3.52. The van der Waals surface area contributed by atoms with Gasteiger partial charge in [0.15, 0.2) is 0 Å². The summed E-state index contributed by atoms with van der Waals surface area (Å²) < 4.78 is 35.3. The number of nitrogens with zero attached hydrogens (tertiary/aromatic N) is 4. The maximum Gasteiger partial charge on any atom is 0.256 e. The Morgan fingerprint density at radius 2 is 1.77 bits per heavy atom. The fourth-order valence-corrected chi connectivity index (χ4v) is 3.28. The summed E-state index contributed by atoms with van der Waals surface area (Å²) >= 11 is 0. The molecule has 0 saturated heterocycles. The fraction of sp³-hybridized carbons (Fsp3) is 0.250. The zero-order valence-electron chi connectivity index (χ0n) is 17.1. The third-order valence-electron chi connectivity index (χ3n) is 4.51. The number of hydrogen-bond donors (Lipinski definition) is 0. The zero-order chi connectivity index (χ0) is 21.9. The molecule has 158 valence electrons. The van der Waals surface area contributed by atoms with Crippen LogP contribution < -0.4 is 9.04 Å². The highest BCUT2D eigenvalue weighted by Crippen LogP contribution is 2.24. The van der Waals surface area contributed by atoms with Crippen LogP contribution >= 0.6 is 0 Å². The molecule has 0 saturated carbocycles. The van der Waals surface area contributed by atoms with Crippen molar-refractivity contribution in [3.05, 3.63) is 60.0 Å². The number of para-hydroxylation sites is 1. The summed E-state index contributed by atoms with van der Waals surface area (Å²) in [5, 5.41) is 3.95. The van der Waals surface area contributed by atoms with Crippen LogP contribution in [0.3, 0.4) is 0 Å². The first-order valence-corrected chi connectivity index (χ1v) is 10.8. The highest BCUT2D eigenvalue weighted by molar-refractivity contribution is 7.92. The standard InChI is InChI=1S/C20H22N4O5S/c1-23(20(25)16-7-5-6-8-17(16)24(2)30(4,26)27)13-18-21-19(22-29-18)14-9-11-15(28-3)12-10-14/h5-12H,13H2,1-4H3. The summed E-state index contributed by atoms with van der Waals surface area (Å²) in [6.07, 6.45) is 1.08. The van der Waals surface area contributed by atoms with E-state index in [1.54, 1.807) is 62.7 Å². The van der Waals surface area contributed by atoms with Crippen LogP contribution in [0.4, 0.5) is 5.69 Å². The van der Waals surface area contributed by atoms with E-state index in [1.807, 2.05) is 0 Å². The van der Waals surface area contributed by atoms with Crippen molar-refractivity contribution in [3.8, 4) is 17.1 Å². The number of anilines is 1. The Kier molecular flexibility index (Phi) is 6.06. The Morgan fingerprint density at radius 3 is 2.40 bits per heavy atom. The Hall–Kier alpha value is -3.40. The number of carbonyl (C=O) groups is 1. The van der Waals surface area contributed by atoms with Crippen molar-refractivity contribution in [1.82, 2.24) is 15.0 Å². The number of aromatic nitrogens is 2. The molecule has 10 heteroatoms. The van der Waals surface area contributed by atoms with Crippen LogP contribution in [0.1, 0.15) is 16.2 Å². The number of carbonyl (C=O) groups excluding carboxylic acids is 1. The quantitative estimate of drug-likeness (QED) is 0.567. The van der Waals surface area contributed by atoms with Crippen LogP contribution in [0.5, 0.6) is 5.75 Å². The van der Waals surface area contributed by atoms with Crippen molar-refractivity contribution in [1.29, 1.82) is 0 Å². The van der Waals surface area contributed by atoms with E-state index in [0.29, 0.717) is 17.3 Å². The van der Waals surface area contributed by atoms with Gasteiger partial charge >= 0.3 is 0 Å². The van der Waals surface area contributed by atoms with E-state index in [2.05, 4.69) is 10.1 Å². The number of hydrogen-bond acceptors (Lipinski definition) is 7. The number of benzene rings is 2. The van der Waals surface area contributed by atoms with Crippen LogP contribution in [-0.4, -0.2) is 56.8 Å². The number of methoxy groups -OCH3 is 1. The van der Waals surface area contributed by atoms with Gasteiger partial charge < -0.3 is 14.2 Å². The van der Waals surface area contributed by atoms with E-state index in [4.69, 9.17) is 9.26 Å². The maximum absolute atomic E-state index is 12.9. The van der Waals surface area contributed by atoms with Crippen LogP contribution in [0.2, 0.25) is 0 Å². The molecule has 0 spiro atoms. The molecule has 2 aromatic carbocycles. The molecule has 1 aromatic heterocycles. The first-order valence-electron chi connectivity index (χ1n) is 8.96. The third kappa shape index (κ3) is 4.60. The minimum absolute atomic E-state index is 0.0684. The monoisotopic (exact) mass is 430 g/mol. The third-order valence-corrected chi connectivity index (χ3v) is 5.70. The van der Waals surface area contributed by atoms with E-state index in [0.717, 1.165) is 16.1 Å². The molecule has 1 amide bonds. The van der Waals surface area contributed by atoms with Crippen LogP contribution in [0, 0.1) is 0 Å². The predicted molar refractivity (Wildman–Crippen MR) is 112 cm³/mol. The zero-order valence-corrected chi connectivity index (χ0v) is 17.9. The average molecular weight is 430 g/mol. The second-order valence-electron chi connectivity index (χ2n) is 6.65. The molecule has 3 aromatic rings. The molecule has 0 aliphatic heterocycles. The topological polar surface area (TPSA) is 106 Å². The van der Waals surface area contributed by atoms with E-state index in [1.165, 1.54) is 11.9 Å². The van der Waals surface area contributed by atoms with Crippen molar-refractivity contribution in [2.24, 2.45) is 0 Å². The highest BCUT2D eigenvalue weighted by Gasteiger charge is 2.23. The summed E-state index contributed by atoms with van der Waals surface area (Å²) in [5.74, 6) is 0.993. The van der Waals surface area contributed by atoms with Crippen molar-refractivity contribution >= 4 is 21.6 Å². The van der Waals surface area contributed by atoms with Crippen molar-refractivity contribution in [3.63, 3.8) is 0 Å². The Morgan fingerprint density at radius 1 is 1.10 bits per heavy atom. The van der Waals surface area contributed by atoms with Crippen molar-refractivity contribution in [2.75, 3.05) is 31.8 Å². The number of rotatable bonds is 7. The minimum Gasteiger partial charge on any atom is -0.497 e. The molecule has 0 atom stereocenters. The van der Waals surface area contributed by atoms with Gasteiger partial charge in [0.1, 0.15) is 5.75 Å². The number of ether oxygens (including phenoxy) is 1. The molecule has 30 heavy (non-hydrogen) atoms. The van der Waals surface area contributed by atoms with Gasteiger partial charge in [-0.1, -0.05) is 17.3 Å². The van der Waals surface area contributed by atoms with Crippen molar-refractivity contribution < 1.29 is 22.5 Å². The summed E-state index contributed by atoms with van der Waals surface area (Å²) in [5.41, 5.74) is 1.30. The Labute approximate surface area is 174 Å². The summed E-state index contributed by atoms with van der Waals surface area (Å²) in [6, 6.07) is 13.7. The van der Waals surface area contributed by atoms with Crippen LogP contribution in [0.15, 0.2) is 53.1 Å². The fourth-order valence-electron chi connectivity index (χ4n) is 2.76. The average Bonchev–Trinajstić information content (AvgIpc) is 3.20. The highest BCUT2D eigenvalue weighted by atomic mass is 32.2. The van der Waals surface area contributed by atoms with E-state index < -0.39 is 10.0 Å². The lowest BCUT2D eigenvalue weighted by molar-refractivity contribution is 0.0770. The van der Waals surface area contributed by atoms with Crippen molar-refractivity contribution in [2.45, 2.75) is 6.54 Å². The second kappa shape index (κ2) is 8.54. The maximum atomic E-state index is 12.9. The van der Waals surface area contributed by atoms with Gasteiger partial charge in [0, 0.05) is 19.7 Å². The molecule has 0 fully saturated rings. The van der Waals surface area contributed by atoms with Gasteiger partial charge in [-0.3, -0.25) is 9.10 Å². The molecular weight excluding hydrogens is 408 g/mol. The lowest BCUT2D eigenvalue weighted by Gasteiger charge is -2.22.